The molecule has 0 heterocycles. The fourth-order valence-electron chi connectivity index (χ4n) is 2.65. The Morgan fingerprint density at radius 1 is 1.25 bits per heavy atom. The van der Waals surface area contributed by atoms with Crippen LogP contribution in [0.1, 0.15) is 48.9 Å². The zero-order valence-corrected chi connectivity index (χ0v) is 11.1. The Bertz CT molecular complexity index is 462. The maximum atomic E-state index is 12.1. The second kappa shape index (κ2) is 6.29. The van der Waals surface area contributed by atoms with Gasteiger partial charge < -0.3 is 4.74 Å². The van der Waals surface area contributed by atoms with Crippen LogP contribution in [0.4, 0.5) is 13.2 Å². The van der Waals surface area contributed by atoms with Gasteiger partial charge in [-0.2, -0.15) is 0 Å². The second-order valence-electron chi connectivity index (χ2n) is 5.19. The number of carbonyl (C=O) groups excluding carboxylic acids is 1. The molecule has 0 unspecified atom stereocenters. The molecule has 0 aliphatic heterocycles. The molecule has 0 radical (unpaired) electrons. The molecule has 2 nitrogen and oxygen atoms in total. The summed E-state index contributed by atoms with van der Waals surface area (Å²) in [4.78, 5) is 12.0. The molecule has 5 heteroatoms. The molecule has 1 saturated carbocycles. The fourth-order valence-corrected chi connectivity index (χ4v) is 2.65. The van der Waals surface area contributed by atoms with Crippen molar-refractivity contribution in [2.24, 2.45) is 5.92 Å². The molecule has 0 amide bonds. The highest BCUT2D eigenvalue weighted by molar-refractivity contribution is 5.96. The number of alkyl halides is 3. The van der Waals surface area contributed by atoms with Gasteiger partial charge in [-0.05, 0) is 24.5 Å². The van der Waals surface area contributed by atoms with Crippen LogP contribution in [0.5, 0.6) is 5.75 Å². The van der Waals surface area contributed by atoms with E-state index >= 15 is 0 Å². The average Bonchev–Trinajstić information content (AvgIpc) is 2.87. The molecule has 0 N–H and O–H groups in total. The van der Waals surface area contributed by atoms with E-state index in [0.717, 1.165) is 25.3 Å². The van der Waals surface area contributed by atoms with Gasteiger partial charge in [0.25, 0.3) is 0 Å². The summed E-state index contributed by atoms with van der Waals surface area (Å²) < 4.78 is 40.2. The molecule has 0 atom stereocenters. The number of hydrogen-bond acceptors (Lipinski definition) is 2. The average molecular weight is 286 g/mol. The summed E-state index contributed by atoms with van der Waals surface area (Å²) >= 11 is 0. The Hall–Kier alpha value is -1.52. The minimum Gasteiger partial charge on any atom is -0.406 e. The van der Waals surface area contributed by atoms with Crippen LogP contribution >= 0.6 is 0 Å². The largest absolute Gasteiger partial charge is 0.573 e. The van der Waals surface area contributed by atoms with Crippen molar-refractivity contribution in [1.29, 1.82) is 0 Å². The van der Waals surface area contributed by atoms with Crippen LogP contribution in [0.3, 0.4) is 0 Å². The quantitative estimate of drug-likeness (QED) is 0.731. The van der Waals surface area contributed by atoms with Gasteiger partial charge in [-0.3, -0.25) is 4.79 Å². The third-order valence-corrected chi connectivity index (χ3v) is 3.64. The first-order valence-corrected chi connectivity index (χ1v) is 6.83. The molecule has 1 aliphatic rings. The molecule has 20 heavy (non-hydrogen) atoms. The molecule has 1 aromatic carbocycles. The van der Waals surface area contributed by atoms with E-state index in [1.807, 2.05) is 0 Å². The van der Waals surface area contributed by atoms with E-state index in [4.69, 9.17) is 0 Å². The van der Waals surface area contributed by atoms with E-state index in [1.165, 1.54) is 31.0 Å². The van der Waals surface area contributed by atoms with Gasteiger partial charge in [0.15, 0.2) is 5.78 Å². The lowest BCUT2D eigenvalue weighted by Gasteiger charge is -2.10. The maximum absolute atomic E-state index is 12.1. The summed E-state index contributed by atoms with van der Waals surface area (Å²) in [5, 5.41) is 0. The SMILES string of the molecule is O=C(CCC1CCCC1)c1cccc(OC(F)(F)F)c1. The molecular weight excluding hydrogens is 269 g/mol. The van der Waals surface area contributed by atoms with Crippen LogP contribution in [0, 0.1) is 5.92 Å². The highest BCUT2D eigenvalue weighted by Crippen LogP contribution is 2.29. The van der Waals surface area contributed by atoms with Crippen molar-refractivity contribution in [2.75, 3.05) is 0 Å². The number of carbonyl (C=O) groups is 1. The third kappa shape index (κ3) is 4.54. The summed E-state index contributed by atoms with van der Waals surface area (Å²) in [6, 6.07) is 5.29. The summed E-state index contributed by atoms with van der Waals surface area (Å²) in [5.74, 6) is 0.127. The molecule has 110 valence electrons. The van der Waals surface area contributed by atoms with E-state index in [9.17, 15) is 18.0 Å². The number of ketones is 1. The van der Waals surface area contributed by atoms with Crippen LogP contribution in [0.2, 0.25) is 0 Å². The Morgan fingerprint density at radius 2 is 1.95 bits per heavy atom. The van der Waals surface area contributed by atoms with E-state index in [2.05, 4.69) is 4.74 Å². The van der Waals surface area contributed by atoms with Crippen molar-refractivity contribution in [2.45, 2.75) is 44.9 Å². The Kier molecular flexibility index (Phi) is 4.68. The highest BCUT2D eigenvalue weighted by atomic mass is 19.4. The van der Waals surface area contributed by atoms with E-state index in [1.54, 1.807) is 0 Å². The van der Waals surface area contributed by atoms with E-state index < -0.39 is 6.36 Å². The fraction of sp³-hybridized carbons (Fsp3) is 0.533. The molecular formula is C15H17F3O2. The number of ether oxygens (including phenoxy) is 1. The summed E-state index contributed by atoms with van der Waals surface area (Å²) in [6.07, 6.45) is 1.23. The summed E-state index contributed by atoms with van der Waals surface area (Å²) in [7, 11) is 0. The van der Waals surface area contributed by atoms with Crippen LogP contribution in [-0.4, -0.2) is 12.1 Å². The number of hydrogen-bond donors (Lipinski definition) is 0. The molecule has 1 fully saturated rings. The predicted molar refractivity (Wildman–Crippen MR) is 68.6 cm³/mol. The van der Waals surface area contributed by atoms with Crippen molar-refractivity contribution in [3.05, 3.63) is 29.8 Å². The lowest BCUT2D eigenvalue weighted by Crippen LogP contribution is -2.17. The van der Waals surface area contributed by atoms with Gasteiger partial charge in [0.05, 0.1) is 0 Å². The van der Waals surface area contributed by atoms with Gasteiger partial charge in [-0.25, -0.2) is 0 Å². The molecule has 2 rings (SSSR count). The molecule has 0 aromatic heterocycles. The zero-order chi connectivity index (χ0) is 14.6. The minimum atomic E-state index is -4.73. The number of benzene rings is 1. The lowest BCUT2D eigenvalue weighted by molar-refractivity contribution is -0.274. The van der Waals surface area contributed by atoms with Crippen molar-refractivity contribution in [3.8, 4) is 5.75 Å². The Labute approximate surface area is 115 Å². The molecule has 0 bridgehead atoms. The first-order valence-electron chi connectivity index (χ1n) is 6.83. The maximum Gasteiger partial charge on any atom is 0.573 e. The number of rotatable bonds is 5. The van der Waals surface area contributed by atoms with Gasteiger partial charge in [0.2, 0.25) is 0 Å². The van der Waals surface area contributed by atoms with Crippen LogP contribution < -0.4 is 4.74 Å². The summed E-state index contributed by atoms with van der Waals surface area (Å²) in [5.41, 5.74) is 0.282. The molecule has 0 saturated heterocycles. The summed E-state index contributed by atoms with van der Waals surface area (Å²) in [6.45, 7) is 0. The van der Waals surface area contributed by atoms with Gasteiger partial charge in [-0.1, -0.05) is 37.8 Å². The molecule has 1 aromatic rings. The monoisotopic (exact) mass is 286 g/mol. The Morgan fingerprint density at radius 3 is 2.60 bits per heavy atom. The van der Waals surface area contributed by atoms with Crippen LogP contribution in [-0.2, 0) is 0 Å². The van der Waals surface area contributed by atoms with Gasteiger partial charge in [0.1, 0.15) is 5.75 Å². The minimum absolute atomic E-state index is 0.121. The van der Waals surface area contributed by atoms with Gasteiger partial charge in [-0.15, -0.1) is 13.2 Å². The van der Waals surface area contributed by atoms with E-state index in [-0.39, 0.29) is 17.1 Å². The molecule has 0 spiro atoms. The normalized spacial score (nSPS) is 16.4. The number of Topliss-reactive ketones (excluding diaryl/α,β-unsaturated/α-hetero) is 1. The van der Waals surface area contributed by atoms with Crippen molar-refractivity contribution in [3.63, 3.8) is 0 Å². The van der Waals surface area contributed by atoms with Crippen molar-refractivity contribution < 1.29 is 22.7 Å². The highest BCUT2D eigenvalue weighted by Gasteiger charge is 2.31. The third-order valence-electron chi connectivity index (χ3n) is 3.64. The first kappa shape index (κ1) is 14.9. The molecule has 1 aliphatic carbocycles. The van der Waals surface area contributed by atoms with Crippen LogP contribution in [0.15, 0.2) is 24.3 Å². The smallest absolute Gasteiger partial charge is 0.406 e. The van der Waals surface area contributed by atoms with E-state index in [0.29, 0.717) is 12.3 Å². The van der Waals surface area contributed by atoms with Crippen molar-refractivity contribution in [1.82, 2.24) is 0 Å². The van der Waals surface area contributed by atoms with Gasteiger partial charge >= 0.3 is 6.36 Å². The zero-order valence-electron chi connectivity index (χ0n) is 11.1. The lowest BCUT2D eigenvalue weighted by atomic mass is 9.97. The standard InChI is InChI=1S/C15H17F3O2/c16-15(17,18)20-13-7-3-6-12(10-13)14(19)9-8-11-4-1-2-5-11/h3,6-7,10-11H,1-2,4-5,8-9H2. The van der Waals surface area contributed by atoms with Crippen LogP contribution in [0.25, 0.3) is 0 Å². The first-order chi connectivity index (χ1) is 9.44. The second-order valence-corrected chi connectivity index (χ2v) is 5.19. The topological polar surface area (TPSA) is 26.3 Å². The van der Waals surface area contributed by atoms with Crippen molar-refractivity contribution >= 4 is 5.78 Å². The Balaban J connectivity index is 1.93. The number of halogens is 3. The predicted octanol–water partition coefficient (Wildman–Crippen LogP) is 4.74. The van der Waals surface area contributed by atoms with Gasteiger partial charge in [0, 0.05) is 12.0 Å².